The molecule has 2 aromatic heterocycles. The summed E-state index contributed by atoms with van der Waals surface area (Å²) in [5.41, 5.74) is 0. The van der Waals surface area contributed by atoms with Gasteiger partial charge in [-0.3, -0.25) is 0 Å². The first-order valence-corrected chi connectivity index (χ1v) is 6.42. The molecule has 0 unspecified atom stereocenters. The molecule has 0 aliphatic heterocycles. The molecule has 3 nitrogen and oxygen atoms in total. The van der Waals surface area contributed by atoms with Crippen molar-refractivity contribution in [1.29, 1.82) is 0 Å². The Labute approximate surface area is 107 Å². The van der Waals surface area contributed by atoms with Crippen molar-refractivity contribution >= 4 is 33.1 Å². The normalized spacial score (nSPS) is 10.1. The fraction of sp³-hybridized carbons (Fsp3) is 0.182. The summed E-state index contributed by atoms with van der Waals surface area (Å²) in [5.74, 6) is 1.63. The highest BCUT2D eigenvalue weighted by Gasteiger charge is 1.99. The van der Waals surface area contributed by atoms with Crippen LogP contribution in [0.4, 0.5) is 5.82 Å². The first-order valence-electron chi connectivity index (χ1n) is 4.75. The molecule has 0 aliphatic rings. The number of hydrogen-bond donors (Lipinski definition) is 1. The van der Waals surface area contributed by atoms with E-state index in [4.69, 9.17) is 4.74 Å². The number of methoxy groups -OCH3 is 1. The van der Waals surface area contributed by atoms with E-state index in [1.807, 2.05) is 12.1 Å². The van der Waals surface area contributed by atoms with Crippen LogP contribution in [0.25, 0.3) is 0 Å². The van der Waals surface area contributed by atoms with Crippen LogP contribution < -0.4 is 10.1 Å². The SMILES string of the molecule is COc1ccnc(NCc2cc(Br)cs2)c1. The molecule has 0 atom stereocenters. The average molecular weight is 299 g/mol. The van der Waals surface area contributed by atoms with Gasteiger partial charge in [-0.05, 0) is 28.1 Å². The van der Waals surface area contributed by atoms with Crippen LogP contribution in [-0.4, -0.2) is 12.1 Å². The summed E-state index contributed by atoms with van der Waals surface area (Å²) >= 11 is 5.14. The molecule has 0 radical (unpaired) electrons. The molecule has 0 aromatic carbocycles. The van der Waals surface area contributed by atoms with Gasteiger partial charge in [0.25, 0.3) is 0 Å². The molecule has 84 valence electrons. The number of halogens is 1. The molecular formula is C11H11BrN2OS. The maximum atomic E-state index is 5.13. The monoisotopic (exact) mass is 298 g/mol. The highest BCUT2D eigenvalue weighted by atomic mass is 79.9. The summed E-state index contributed by atoms with van der Waals surface area (Å²) in [6.07, 6.45) is 1.73. The molecule has 0 bridgehead atoms. The van der Waals surface area contributed by atoms with E-state index in [0.717, 1.165) is 22.6 Å². The number of nitrogens with one attached hydrogen (secondary N) is 1. The van der Waals surface area contributed by atoms with Crippen LogP contribution in [0.3, 0.4) is 0 Å². The van der Waals surface area contributed by atoms with Gasteiger partial charge in [0.15, 0.2) is 0 Å². The van der Waals surface area contributed by atoms with Gasteiger partial charge in [-0.1, -0.05) is 0 Å². The molecule has 1 N–H and O–H groups in total. The van der Waals surface area contributed by atoms with Crippen LogP contribution in [0.2, 0.25) is 0 Å². The van der Waals surface area contributed by atoms with Crippen LogP contribution in [-0.2, 0) is 6.54 Å². The molecular weight excluding hydrogens is 288 g/mol. The largest absolute Gasteiger partial charge is 0.497 e. The van der Waals surface area contributed by atoms with Gasteiger partial charge in [-0.25, -0.2) is 4.98 Å². The third-order valence-corrected chi connectivity index (χ3v) is 3.73. The van der Waals surface area contributed by atoms with Crippen molar-refractivity contribution in [2.75, 3.05) is 12.4 Å². The van der Waals surface area contributed by atoms with Crippen LogP contribution in [0.15, 0.2) is 34.2 Å². The molecule has 16 heavy (non-hydrogen) atoms. The standard InChI is InChI=1S/C11H11BrN2OS/c1-15-9-2-3-13-11(5-9)14-6-10-4-8(12)7-16-10/h2-5,7H,6H2,1H3,(H,13,14). The van der Waals surface area contributed by atoms with Gasteiger partial charge in [0, 0.05) is 27.0 Å². The summed E-state index contributed by atoms with van der Waals surface area (Å²) in [4.78, 5) is 5.47. The zero-order valence-electron chi connectivity index (χ0n) is 8.74. The van der Waals surface area contributed by atoms with Gasteiger partial charge in [0.1, 0.15) is 11.6 Å². The highest BCUT2D eigenvalue weighted by Crippen LogP contribution is 2.21. The number of rotatable bonds is 4. The van der Waals surface area contributed by atoms with Gasteiger partial charge in [0.2, 0.25) is 0 Å². The minimum Gasteiger partial charge on any atom is -0.497 e. The van der Waals surface area contributed by atoms with Crippen LogP contribution >= 0.6 is 27.3 Å². The maximum absolute atomic E-state index is 5.13. The third kappa shape index (κ3) is 2.96. The minimum absolute atomic E-state index is 0.774. The van der Waals surface area contributed by atoms with Gasteiger partial charge in [0.05, 0.1) is 13.7 Å². The highest BCUT2D eigenvalue weighted by molar-refractivity contribution is 9.10. The molecule has 2 rings (SSSR count). The third-order valence-electron chi connectivity index (χ3n) is 2.03. The van der Waals surface area contributed by atoms with Gasteiger partial charge in [-0.2, -0.15) is 0 Å². The zero-order valence-corrected chi connectivity index (χ0v) is 11.1. The second kappa shape index (κ2) is 5.32. The van der Waals surface area contributed by atoms with E-state index in [9.17, 15) is 0 Å². The Morgan fingerprint density at radius 1 is 1.50 bits per heavy atom. The van der Waals surface area contributed by atoms with Gasteiger partial charge >= 0.3 is 0 Å². The number of nitrogens with zero attached hydrogens (tertiary/aromatic N) is 1. The van der Waals surface area contributed by atoms with Crippen molar-refractivity contribution in [1.82, 2.24) is 4.98 Å². The van der Waals surface area contributed by atoms with Crippen LogP contribution in [0.1, 0.15) is 4.88 Å². The van der Waals surface area contributed by atoms with Crippen molar-refractivity contribution in [3.05, 3.63) is 39.1 Å². The number of ether oxygens (including phenoxy) is 1. The van der Waals surface area contributed by atoms with E-state index in [-0.39, 0.29) is 0 Å². The predicted molar refractivity (Wildman–Crippen MR) is 70.1 cm³/mol. The summed E-state index contributed by atoms with van der Waals surface area (Å²) in [6.45, 7) is 0.774. The summed E-state index contributed by atoms with van der Waals surface area (Å²) in [7, 11) is 1.65. The van der Waals surface area contributed by atoms with E-state index in [0.29, 0.717) is 0 Å². The van der Waals surface area contributed by atoms with E-state index < -0.39 is 0 Å². The van der Waals surface area contributed by atoms with Crippen molar-refractivity contribution in [3.63, 3.8) is 0 Å². The summed E-state index contributed by atoms with van der Waals surface area (Å²) in [6, 6.07) is 5.80. The van der Waals surface area contributed by atoms with Gasteiger partial charge in [-0.15, -0.1) is 11.3 Å². The maximum Gasteiger partial charge on any atom is 0.129 e. The van der Waals surface area contributed by atoms with E-state index in [1.165, 1.54) is 4.88 Å². The summed E-state index contributed by atoms with van der Waals surface area (Å²) in [5, 5.41) is 5.31. The Balaban J connectivity index is 1.99. The summed E-state index contributed by atoms with van der Waals surface area (Å²) < 4.78 is 6.24. The number of pyridine rings is 1. The molecule has 0 saturated carbocycles. The average Bonchev–Trinajstić information content (AvgIpc) is 2.73. The van der Waals surface area contributed by atoms with Crippen LogP contribution in [0.5, 0.6) is 5.75 Å². The lowest BCUT2D eigenvalue weighted by molar-refractivity contribution is 0.414. The Morgan fingerprint density at radius 2 is 2.38 bits per heavy atom. The van der Waals surface area contributed by atoms with Crippen molar-refractivity contribution in [2.45, 2.75) is 6.54 Å². The van der Waals surface area contributed by atoms with Crippen molar-refractivity contribution in [3.8, 4) is 5.75 Å². The number of thiophene rings is 1. The van der Waals surface area contributed by atoms with E-state index >= 15 is 0 Å². The molecule has 5 heteroatoms. The minimum atomic E-state index is 0.774. The molecule has 0 aliphatic carbocycles. The van der Waals surface area contributed by atoms with Crippen LogP contribution in [0, 0.1) is 0 Å². The second-order valence-corrected chi connectivity index (χ2v) is 5.08. The molecule has 0 saturated heterocycles. The Kier molecular flexibility index (Phi) is 3.79. The lowest BCUT2D eigenvalue weighted by Crippen LogP contribution is -1.99. The van der Waals surface area contributed by atoms with E-state index in [2.05, 4.69) is 37.7 Å². The second-order valence-electron chi connectivity index (χ2n) is 3.17. The smallest absolute Gasteiger partial charge is 0.129 e. The molecule has 0 amide bonds. The van der Waals surface area contributed by atoms with Crippen molar-refractivity contribution in [2.24, 2.45) is 0 Å². The molecule has 0 fully saturated rings. The predicted octanol–water partition coefficient (Wildman–Crippen LogP) is 3.53. The fourth-order valence-corrected chi connectivity index (χ4v) is 2.65. The zero-order chi connectivity index (χ0) is 11.4. The first-order chi connectivity index (χ1) is 7.78. The Hall–Kier alpha value is -1.07. The quantitative estimate of drug-likeness (QED) is 0.938. The molecule has 2 aromatic rings. The van der Waals surface area contributed by atoms with Gasteiger partial charge < -0.3 is 10.1 Å². The number of aromatic nitrogens is 1. The lowest BCUT2D eigenvalue weighted by Gasteiger charge is -2.05. The number of hydrogen-bond acceptors (Lipinski definition) is 4. The molecule has 0 spiro atoms. The molecule has 2 heterocycles. The lowest BCUT2D eigenvalue weighted by atomic mass is 10.4. The van der Waals surface area contributed by atoms with Crippen molar-refractivity contribution < 1.29 is 4.74 Å². The number of anilines is 1. The first kappa shape index (κ1) is 11.4. The fourth-order valence-electron chi connectivity index (χ4n) is 1.26. The topological polar surface area (TPSA) is 34.1 Å². The van der Waals surface area contributed by atoms with E-state index in [1.54, 1.807) is 24.6 Å². The Morgan fingerprint density at radius 3 is 3.06 bits per heavy atom. The Bertz CT molecular complexity index is 473.